The zero-order valence-corrected chi connectivity index (χ0v) is 28.2. The summed E-state index contributed by atoms with van der Waals surface area (Å²) in [5.41, 5.74) is 8.63. The quantitative estimate of drug-likeness (QED) is 0.245. The van der Waals surface area contributed by atoms with Crippen LogP contribution in [0.5, 0.6) is 0 Å². The van der Waals surface area contributed by atoms with Crippen molar-refractivity contribution in [1.29, 1.82) is 0 Å². The lowest BCUT2D eigenvalue weighted by Gasteiger charge is -2.34. The lowest BCUT2D eigenvalue weighted by atomic mass is 9.91. The predicted molar refractivity (Wildman–Crippen MR) is 185 cm³/mol. The largest absolute Gasteiger partial charge is 0.386 e. The third-order valence-electron chi connectivity index (χ3n) is 9.68. The standard InChI is InChI=1S/C36H54N8/c1-8-13-19-44(24-29-15-14-28(10-3)30(11-4)31(29)12-5)36-40-33-32(35(41-36)42-20-16-27(9-2)17-21-42)38-26(7)39-34(33)43-22-18-37-25(6)23-43/h14-15,27,37H,6,8-13,16-24H2,1-5,7H3. The number of anilines is 3. The molecule has 0 amide bonds. The van der Waals surface area contributed by atoms with Crippen molar-refractivity contribution in [2.24, 2.45) is 5.92 Å². The lowest BCUT2D eigenvalue weighted by Crippen LogP contribution is -2.42. The fourth-order valence-electron chi connectivity index (χ4n) is 7.09. The average molecular weight is 599 g/mol. The van der Waals surface area contributed by atoms with Crippen LogP contribution < -0.4 is 20.0 Å². The first-order valence-electron chi connectivity index (χ1n) is 17.3. The number of fused-ring (bicyclic) bond motifs is 1. The van der Waals surface area contributed by atoms with Crippen LogP contribution >= 0.6 is 0 Å². The molecule has 0 spiro atoms. The van der Waals surface area contributed by atoms with E-state index in [1.54, 1.807) is 0 Å². The lowest BCUT2D eigenvalue weighted by molar-refractivity contribution is 0.394. The van der Waals surface area contributed by atoms with Crippen molar-refractivity contribution in [2.45, 2.75) is 99.5 Å². The summed E-state index contributed by atoms with van der Waals surface area (Å²) in [5, 5.41) is 3.40. The number of nitrogens with zero attached hydrogens (tertiary/aromatic N) is 7. The first-order valence-corrected chi connectivity index (χ1v) is 17.3. The summed E-state index contributed by atoms with van der Waals surface area (Å²) < 4.78 is 0. The third-order valence-corrected chi connectivity index (χ3v) is 9.68. The van der Waals surface area contributed by atoms with Crippen LogP contribution in [0, 0.1) is 12.8 Å². The number of benzene rings is 1. The summed E-state index contributed by atoms with van der Waals surface area (Å²) in [5.74, 6) is 4.20. The van der Waals surface area contributed by atoms with Gasteiger partial charge in [-0.05, 0) is 73.6 Å². The Labute approximate surface area is 265 Å². The molecule has 0 radical (unpaired) electrons. The van der Waals surface area contributed by atoms with Gasteiger partial charge in [-0.2, -0.15) is 4.98 Å². The van der Waals surface area contributed by atoms with Crippen LogP contribution in [0.3, 0.4) is 0 Å². The molecule has 8 heteroatoms. The van der Waals surface area contributed by atoms with Gasteiger partial charge < -0.3 is 20.0 Å². The summed E-state index contributed by atoms with van der Waals surface area (Å²) in [7, 11) is 0. The van der Waals surface area contributed by atoms with Gasteiger partial charge in [-0.15, -0.1) is 0 Å². The second-order valence-corrected chi connectivity index (χ2v) is 12.6. The Morgan fingerprint density at radius 3 is 2.18 bits per heavy atom. The van der Waals surface area contributed by atoms with Crippen molar-refractivity contribution >= 4 is 28.6 Å². The van der Waals surface area contributed by atoms with E-state index in [-0.39, 0.29) is 0 Å². The van der Waals surface area contributed by atoms with E-state index in [4.69, 9.17) is 19.9 Å². The van der Waals surface area contributed by atoms with Crippen molar-refractivity contribution in [2.75, 3.05) is 54.0 Å². The Morgan fingerprint density at radius 1 is 0.841 bits per heavy atom. The molecule has 2 aromatic heterocycles. The van der Waals surface area contributed by atoms with Crippen molar-refractivity contribution in [3.63, 3.8) is 0 Å². The van der Waals surface area contributed by atoms with Crippen molar-refractivity contribution in [1.82, 2.24) is 25.3 Å². The van der Waals surface area contributed by atoms with Crippen LogP contribution in [0.1, 0.15) is 94.8 Å². The van der Waals surface area contributed by atoms with E-state index in [0.29, 0.717) is 6.54 Å². The van der Waals surface area contributed by atoms with E-state index in [1.807, 2.05) is 6.92 Å². The zero-order chi connectivity index (χ0) is 31.2. The Hall–Kier alpha value is -3.42. The SMILES string of the molecule is C=C1CN(c2nc(C)nc3c(N4CCC(CC)CC4)nc(N(CCCC)Cc4ccc(CC)c(CC)c4CC)nc23)CCN1. The van der Waals surface area contributed by atoms with E-state index in [9.17, 15) is 0 Å². The second-order valence-electron chi connectivity index (χ2n) is 12.6. The number of aryl methyl sites for hydroxylation is 2. The van der Waals surface area contributed by atoms with Gasteiger partial charge in [0.1, 0.15) is 16.9 Å². The Balaban J connectivity index is 1.66. The number of aromatic nitrogens is 4. The molecule has 0 aliphatic carbocycles. The highest BCUT2D eigenvalue weighted by molar-refractivity contribution is 5.94. The van der Waals surface area contributed by atoms with Crippen LogP contribution in [-0.2, 0) is 25.8 Å². The van der Waals surface area contributed by atoms with E-state index < -0.39 is 0 Å². The fourth-order valence-corrected chi connectivity index (χ4v) is 7.09. The van der Waals surface area contributed by atoms with E-state index >= 15 is 0 Å². The summed E-state index contributed by atoms with van der Waals surface area (Å²) in [6.45, 7) is 23.8. The molecule has 3 aromatic rings. The van der Waals surface area contributed by atoms with Gasteiger partial charge in [0.15, 0.2) is 11.6 Å². The van der Waals surface area contributed by atoms with Gasteiger partial charge in [-0.25, -0.2) is 15.0 Å². The monoisotopic (exact) mass is 598 g/mol. The summed E-state index contributed by atoms with van der Waals surface area (Å²) in [6.07, 6.45) is 9.00. The van der Waals surface area contributed by atoms with E-state index in [1.165, 1.54) is 41.5 Å². The molecule has 44 heavy (non-hydrogen) atoms. The Morgan fingerprint density at radius 2 is 1.52 bits per heavy atom. The summed E-state index contributed by atoms with van der Waals surface area (Å²) in [4.78, 5) is 28.0. The average Bonchev–Trinajstić information content (AvgIpc) is 3.05. The van der Waals surface area contributed by atoms with Gasteiger partial charge in [-0.3, -0.25) is 0 Å². The molecular formula is C36H54N8. The third kappa shape index (κ3) is 6.79. The maximum atomic E-state index is 5.40. The highest BCUT2D eigenvalue weighted by Crippen LogP contribution is 2.34. The van der Waals surface area contributed by atoms with Gasteiger partial charge >= 0.3 is 0 Å². The van der Waals surface area contributed by atoms with Crippen LogP contribution in [-0.4, -0.2) is 59.2 Å². The van der Waals surface area contributed by atoms with Gasteiger partial charge in [0.25, 0.3) is 0 Å². The molecule has 2 aliphatic rings. The molecule has 8 nitrogen and oxygen atoms in total. The molecular weight excluding hydrogens is 544 g/mol. The molecule has 0 unspecified atom stereocenters. The molecule has 1 N–H and O–H groups in total. The predicted octanol–water partition coefficient (Wildman–Crippen LogP) is 6.77. The van der Waals surface area contributed by atoms with Crippen molar-refractivity contribution in [3.05, 3.63) is 52.5 Å². The second kappa shape index (κ2) is 14.6. The minimum atomic E-state index is 0.713. The topological polar surface area (TPSA) is 73.3 Å². The Kier molecular flexibility index (Phi) is 10.6. The van der Waals surface area contributed by atoms with E-state index in [0.717, 1.165) is 117 Å². The number of piperazine rings is 1. The van der Waals surface area contributed by atoms with Crippen molar-refractivity contribution in [3.8, 4) is 0 Å². The Bertz CT molecular complexity index is 1440. The van der Waals surface area contributed by atoms with Gasteiger partial charge in [0.05, 0.1) is 6.54 Å². The van der Waals surface area contributed by atoms with Crippen molar-refractivity contribution < 1.29 is 0 Å². The molecule has 2 fully saturated rings. The molecule has 238 valence electrons. The number of piperidine rings is 1. The molecule has 2 aliphatic heterocycles. The number of hydrogen-bond acceptors (Lipinski definition) is 8. The van der Waals surface area contributed by atoms with Crippen LogP contribution in [0.25, 0.3) is 11.0 Å². The molecule has 5 rings (SSSR count). The summed E-state index contributed by atoms with van der Waals surface area (Å²) in [6, 6.07) is 4.71. The van der Waals surface area contributed by atoms with Crippen LogP contribution in [0.2, 0.25) is 0 Å². The number of unbranched alkanes of at least 4 members (excludes halogenated alkanes) is 1. The normalized spacial score (nSPS) is 16.1. The highest BCUT2D eigenvalue weighted by Gasteiger charge is 2.27. The number of hydrogen-bond donors (Lipinski definition) is 1. The first-order chi connectivity index (χ1) is 21.4. The molecule has 0 saturated carbocycles. The fraction of sp³-hybridized carbons (Fsp3) is 0.611. The number of nitrogens with one attached hydrogen (secondary N) is 1. The molecule has 0 atom stereocenters. The first kappa shape index (κ1) is 32.0. The molecule has 4 heterocycles. The van der Waals surface area contributed by atoms with Gasteiger partial charge in [0, 0.05) is 45.0 Å². The maximum absolute atomic E-state index is 5.40. The minimum absolute atomic E-state index is 0.713. The van der Waals surface area contributed by atoms with Gasteiger partial charge in [-0.1, -0.05) is 66.2 Å². The summed E-state index contributed by atoms with van der Waals surface area (Å²) >= 11 is 0. The number of rotatable bonds is 12. The maximum Gasteiger partial charge on any atom is 0.228 e. The zero-order valence-electron chi connectivity index (χ0n) is 28.2. The van der Waals surface area contributed by atoms with Gasteiger partial charge in [0.2, 0.25) is 5.95 Å². The molecule has 2 saturated heterocycles. The van der Waals surface area contributed by atoms with E-state index in [2.05, 4.69) is 73.3 Å². The molecule has 1 aromatic carbocycles. The van der Waals surface area contributed by atoms with Crippen LogP contribution in [0.4, 0.5) is 17.6 Å². The minimum Gasteiger partial charge on any atom is -0.386 e. The smallest absolute Gasteiger partial charge is 0.228 e. The highest BCUT2D eigenvalue weighted by atomic mass is 15.3. The molecule has 0 bridgehead atoms. The van der Waals surface area contributed by atoms with Crippen LogP contribution in [0.15, 0.2) is 24.4 Å².